The molecule has 2 fully saturated rings. The summed E-state index contributed by atoms with van der Waals surface area (Å²) in [5.74, 6) is -0.705. The highest BCUT2D eigenvalue weighted by Gasteiger charge is 2.55. The Kier molecular flexibility index (Phi) is 4.77. The summed E-state index contributed by atoms with van der Waals surface area (Å²) < 4.78 is 23.3. The third kappa shape index (κ3) is 3.48. The Bertz CT molecular complexity index is 1190. The first-order valence-electron chi connectivity index (χ1n) is 9.08. The van der Waals surface area contributed by atoms with Crippen LogP contribution in [-0.4, -0.2) is 56.8 Å². The molecule has 13 heteroatoms. The van der Waals surface area contributed by atoms with Crippen LogP contribution in [0.4, 0.5) is 10.6 Å². The molecule has 2 aliphatic rings. The zero-order chi connectivity index (χ0) is 21.5. The van der Waals surface area contributed by atoms with Crippen LogP contribution in [0.25, 0.3) is 10.2 Å². The van der Waals surface area contributed by atoms with Crippen molar-refractivity contribution < 1.29 is 33.7 Å². The van der Waals surface area contributed by atoms with Crippen molar-refractivity contribution in [1.82, 2.24) is 14.5 Å². The number of para-hydroxylation sites is 1. The predicted octanol–water partition coefficient (Wildman–Crippen LogP) is 1.31. The zero-order valence-electron chi connectivity index (χ0n) is 15.5. The molecule has 4 atom stereocenters. The molecule has 31 heavy (non-hydrogen) atoms. The van der Waals surface area contributed by atoms with Gasteiger partial charge >= 0.3 is 17.8 Å². The van der Waals surface area contributed by atoms with E-state index in [2.05, 4.69) is 9.97 Å². The lowest BCUT2D eigenvalue weighted by Gasteiger charge is -2.18. The molecule has 2 aliphatic heterocycles. The Morgan fingerprint density at radius 1 is 1.19 bits per heavy atom. The molecule has 0 radical (unpaired) electrons. The number of anilines is 1. The SMILES string of the molecule is O=C1O[C@@H]2[C@H](O1)[C@@H](COC(=O)c1nc3ccccc3s1)O[C@H]2n1ccc(NO)nc1=O. The van der Waals surface area contributed by atoms with Crippen molar-refractivity contribution in [2.24, 2.45) is 0 Å². The maximum atomic E-state index is 12.4. The molecule has 0 unspecified atom stereocenters. The average molecular weight is 446 g/mol. The molecule has 12 nitrogen and oxygen atoms in total. The normalized spacial score (nSPS) is 24.5. The third-order valence-corrected chi connectivity index (χ3v) is 5.83. The molecule has 160 valence electrons. The number of hydrogen-bond donors (Lipinski definition) is 2. The van der Waals surface area contributed by atoms with Crippen molar-refractivity contribution >= 4 is 39.5 Å². The van der Waals surface area contributed by atoms with Crippen molar-refractivity contribution in [2.75, 3.05) is 12.1 Å². The predicted molar refractivity (Wildman–Crippen MR) is 103 cm³/mol. The van der Waals surface area contributed by atoms with E-state index in [1.807, 2.05) is 18.2 Å². The lowest BCUT2D eigenvalue weighted by Crippen LogP contribution is -2.34. The van der Waals surface area contributed by atoms with Crippen LogP contribution < -0.4 is 11.2 Å². The van der Waals surface area contributed by atoms with E-state index < -0.39 is 42.4 Å². The van der Waals surface area contributed by atoms with Crippen LogP contribution in [0.3, 0.4) is 0 Å². The van der Waals surface area contributed by atoms with Gasteiger partial charge in [-0.05, 0) is 18.2 Å². The van der Waals surface area contributed by atoms with Gasteiger partial charge in [0.1, 0.15) is 12.7 Å². The Morgan fingerprint density at radius 2 is 2.00 bits per heavy atom. The van der Waals surface area contributed by atoms with Crippen LogP contribution in [-0.2, 0) is 18.9 Å². The van der Waals surface area contributed by atoms with Crippen LogP contribution in [0.15, 0.2) is 41.3 Å². The number of hydrogen-bond acceptors (Lipinski definition) is 12. The summed E-state index contributed by atoms with van der Waals surface area (Å²) >= 11 is 1.19. The molecule has 2 aromatic heterocycles. The van der Waals surface area contributed by atoms with E-state index in [9.17, 15) is 14.4 Å². The van der Waals surface area contributed by atoms with Crippen LogP contribution in [0.5, 0.6) is 0 Å². The number of esters is 1. The largest absolute Gasteiger partial charge is 0.509 e. The number of aromatic nitrogens is 3. The number of nitrogens with zero attached hydrogens (tertiary/aromatic N) is 3. The average Bonchev–Trinajstić information content (AvgIpc) is 3.45. The van der Waals surface area contributed by atoms with Gasteiger partial charge in [-0.1, -0.05) is 12.1 Å². The van der Waals surface area contributed by atoms with E-state index in [1.54, 1.807) is 11.5 Å². The van der Waals surface area contributed by atoms with Crippen molar-refractivity contribution in [1.29, 1.82) is 0 Å². The van der Waals surface area contributed by atoms with E-state index in [0.717, 1.165) is 9.27 Å². The second-order valence-corrected chi connectivity index (χ2v) is 7.71. The molecule has 2 N–H and O–H groups in total. The Labute approximate surface area is 176 Å². The maximum Gasteiger partial charge on any atom is 0.509 e. The summed E-state index contributed by atoms with van der Waals surface area (Å²) in [5, 5.41) is 9.05. The topological polar surface area (TPSA) is 151 Å². The van der Waals surface area contributed by atoms with Gasteiger partial charge in [-0.2, -0.15) is 4.98 Å². The monoisotopic (exact) mass is 446 g/mol. The molecule has 0 spiro atoms. The fourth-order valence-corrected chi connectivity index (χ4v) is 4.29. The van der Waals surface area contributed by atoms with Crippen molar-refractivity contribution in [3.05, 3.63) is 52.0 Å². The number of rotatable bonds is 5. The molecule has 4 heterocycles. The fourth-order valence-electron chi connectivity index (χ4n) is 3.43. The highest BCUT2D eigenvalue weighted by atomic mass is 32.1. The van der Waals surface area contributed by atoms with Gasteiger partial charge < -0.3 is 18.9 Å². The molecule has 5 rings (SSSR count). The minimum absolute atomic E-state index is 0.0585. The number of carbonyl (C=O) groups is 2. The van der Waals surface area contributed by atoms with Gasteiger partial charge in [0.2, 0.25) is 5.01 Å². The highest BCUT2D eigenvalue weighted by Crippen LogP contribution is 2.37. The first-order valence-corrected chi connectivity index (χ1v) is 9.90. The Balaban J connectivity index is 1.33. The van der Waals surface area contributed by atoms with E-state index >= 15 is 0 Å². The molecular formula is C18H14N4O8S. The Hall–Kier alpha value is -3.55. The lowest BCUT2D eigenvalue weighted by molar-refractivity contribution is -0.0769. The minimum Gasteiger partial charge on any atom is -0.457 e. The van der Waals surface area contributed by atoms with E-state index in [0.29, 0.717) is 5.52 Å². The van der Waals surface area contributed by atoms with Gasteiger partial charge in [0.25, 0.3) is 0 Å². The van der Waals surface area contributed by atoms with E-state index in [-0.39, 0.29) is 17.4 Å². The number of nitrogens with one attached hydrogen (secondary N) is 1. The molecule has 1 aromatic carbocycles. The van der Waals surface area contributed by atoms with Crippen LogP contribution in [0.1, 0.15) is 16.0 Å². The second-order valence-electron chi connectivity index (χ2n) is 6.68. The third-order valence-electron chi connectivity index (χ3n) is 4.82. The van der Waals surface area contributed by atoms with E-state index in [4.69, 9.17) is 24.2 Å². The number of carbonyl (C=O) groups excluding carboxylic acids is 2. The van der Waals surface area contributed by atoms with Crippen LogP contribution >= 0.6 is 11.3 Å². The van der Waals surface area contributed by atoms with Gasteiger partial charge in [0.05, 0.1) is 10.2 Å². The molecule has 2 saturated heterocycles. The molecule has 0 amide bonds. The van der Waals surface area contributed by atoms with Gasteiger partial charge in [-0.15, -0.1) is 11.3 Å². The van der Waals surface area contributed by atoms with Gasteiger partial charge in [0.15, 0.2) is 24.3 Å². The summed E-state index contributed by atoms with van der Waals surface area (Å²) in [6.45, 7) is -0.248. The van der Waals surface area contributed by atoms with Crippen molar-refractivity contribution in [3.63, 3.8) is 0 Å². The molecular weight excluding hydrogens is 432 g/mol. The number of ether oxygens (including phenoxy) is 4. The molecule has 0 aliphatic carbocycles. The number of thiazole rings is 1. The van der Waals surface area contributed by atoms with Crippen molar-refractivity contribution in [2.45, 2.75) is 24.5 Å². The smallest absolute Gasteiger partial charge is 0.457 e. The van der Waals surface area contributed by atoms with E-state index in [1.165, 1.54) is 23.6 Å². The Morgan fingerprint density at radius 3 is 2.77 bits per heavy atom. The fraction of sp³-hybridized carbons (Fsp3) is 0.278. The summed E-state index contributed by atoms with van der Waals surface area (Å²) in [6.07, 6.45) is -3.34. The quantitative estimate of drug-likeness (QED) is 0.431. The maximum absolute atomic E-state index is 12.4. The lowest BCUT2D eigenvalue weighted by atomic mass is 10.1. The van der Waals surface area contributed by atoms with Gasteiger partial charge in [0, 0.05) is 6.20 Å². The molecule has 0 bridgehead atoms. The van der Waals surface area contributed by atoms with Crippen molar-refractivity contribution in [3.8, 4) is 0 Å². The molecule has 0 saturated carbocycles. The van der Waals surface area contributed by atoms with Crippen LogP contribution in [0, 0.1) is 0 Å². The van der Waals surface area contributed by atoms with Gasteiger partial charge in [-0.25, -0.2) is 19.4 Å². The molecule has 3 aromatic rings. The first-order chi connectivity index (χ1) is 15.0. The standard InChI is InChI=1S/C18H14N4O8S/c23-16(14-19-8-3-1-2-4-10(8)31-14)27-7-9-12-13(30-18(25)29-12)15(28-9)22-6-5-11(21-26)20-17(22)24/h1-6,9,12-13,15,26H,7H2,(H,20,21,24)/t9-,12-,13-,15-/m1/s1. The minimum atomic E-state index is -1.05. The highest BCUT2D eigenvalue weighted by molar-refractivity contribution is 7.20. The number of fused-ring (bicyclic) bond motifs is 2. The summed E-state index contributed by atoms with van der Waals surface area (Å²) in [4.78, 5) is 44.2. The summed E-state index contributed by atoms with van der Waals surface area (Å²) in [6, 6.07) is 8.63. The van der Waals surface area contributed by atoms with Crippen LogP contribution in [0.2, 0.25) is 0 Å². The number of benzene rings is 1. The zero-order valence-corrected chi connectivity index (χ0v) is 16.4. The summed E-state index contributed by atoms with van der Waals surface area (Å²) in [7, 11) is 0. The second kappa shape index (κ2) is 7.61. The summed E-state index contributed by atoms with van der Waals surface area (Å²) in [5.41, 5.74) is 1.70. The first kappa shape index (κ1) is 19.4. The van der Waals surface area contributed by atoms with Gasteiger partial charge in [-0.3, -0.25) is 15.3 Å².